The average Bonchev–Trinajstić information content (AvgIpc) is 2.93. The highest BCUT2D eigenvalue weighted by Crippen LogP contribution is 2.12. The van der Waals surface area contributed by atoms with Gasteiger partial charge in [0.15, 0.2) is 6.10 Å². The van der Waals surface area contributed by atoms with E-state index < -0.39 is 6.10 Å². The highest BCUT2D eigenvalue weighted by molar-refractivity contribution is 5.71. The van der Waals surface area contributed by atoms with E-state index in [9.17, 15) is 14.4 Å². The molecule has 6 heteroatoms. The molecule has 0 unspecified atom stereocenters. The number of esters is 3. The van der Waals surface area contributed by atoms with Gasteiger partial charge in [0, 0.05) is 19.3 Å². The van der Waals surface area contributed by atoms with Gasteiger partial charge in [-0.1, -0.05) is 136 Å². The molecule has 0 aliphatic heterocycles. The summed E-state index contributed by atoms with van der Waals surface area (Å²) in [6.07, 6.45) is 24.1. The van der Waals surface area contributed by atoms with Gasteiger partial charge in [-0.05, 0) is 19.3 Å². The maximum absolute atomic E-state index is 12.3. The van der Waals surface area contributed by atoms with Crippen LogP contribution in [-0.2, 0) is 28.6 Å². The maximum Gasteiger partial charge on any atom is 0.306 e. The van der Waals surface area contributed by atoms with E-state index in [4.69, 9.17) is 14.2 Å². The number of hydrogen-bond acceptors (Lipinski definition) is 6. The first-order valence-electron chi connectivity index (χ1n) is 16.5. The van der Waals surface area contributed by atoms with Crippen LogP contribution in [0.5, 0.6) is 0 Å². The third-order valence-electron chi connectivity index (χ3n) is 7.11. The molecule has 230 valence electrons. The normalized spacial score (nSPS) is 11.8. The van der Waals surface area contributed by atoms with Crippen molar-refractivity contribution >= 4 is 17.9 Å². The first kappa shape index (κ1) is 37.4. The fourth-order valence-electron chi connectivity index (χ4n) is 4.56. The predicted octanol–water partition coefficient (Wildman–Crippen LogP) is 9.41. The predicted molar refractivity (Wildman–Crippen MR) is 160 cm³/mol. The van der Waals surface area contributed by atoms with Crippen molar-refractivity contribution in [3.8, 4) is 0 Å². The quantitative estimate of drug-likeness (QED) is 0.0520. The summed E-state index contributed by atoms with van der Waals surface area (Å²) in [7, 11) is 0. The Morgan fingerprint density at radius 1 is 0.410 bits per heavy atom. The van der Waals surface area contributed by atoms with Gasteiger partial charge in [0.05, 0.1) is 0 Å². The minimum absolute atomic E-state index is 0.0669. The highest BCUT2D eigenvalue weighted by atomic mass is 16.6. The Morgan fingerprint density at radius 3 is 1.03 bits per heavy atom. The molecule has 0 fully saturated rings. The van der Waals surface area contributed by atoms with E-state index in [0.717, 1.165) is 64.2 Å². The van der Waals surface area contributed by atoms with Crippen molar-refractivity contribution in [2.24, 2.45) is 0 Å². The molecule has 0 aromatic rings. The van der Waals surface area contributed by atoms with Crippen molar-refractivity contribution in [2.75, 3.05) is 13.2 Å². The van der Waals surface area contributed by atoms with Crippen molar-refractivity contribution in [1.29, 1.82) is 0 Å². The monoisotopic (exact) mass is 554 g/mol. The third kappa shape index (κ3) is 27.8. The van der Waals surface area contributed by atoms with Crippen LogP contribution < -0.4 is 0 Å². The summed E-state index contributed by atoms with van der Waals surface area (Å²) in [4.78, 5) is 36.8. The molecule has 0 heterocycles. The minimum Gasteiger partial charge on any atom is -0.462 e. The lowest BCUT2D eigenvalue weighted by Gasteiger charge is -2.18. The number of hydrogen-bond donors (Lipinski definition) is 0. The molecule has 0 aromatic carbocycles. The molecule has 0 radical (unpaired) electrons. The second kappa shape index (κ2) is 29.4. The van der Waals surface area contributed by atoms with Crippen LogP contribution in [0.1, 0.15) is 175 Å². The molecular formula is C33H62O6. The zero-order valence-electron chi connectivity index (χ0n) is 25.9. The van der Waals surface area contributed by atoms with Gasteiger partial charge >= 0.3 is 17.9 Å². The molecule has 0 saturated heterocycles. The molecule has 0 aliphatic rings. The molecule has 0 rings (SSSR count). The van der Waals surface area contributed by atoms with Crippen LogP contribution in [0.2, 0.25) is 0 Å². The van der Waals surface area contributed by atoms with Gasteiger partial charge < -0.3 is 14.2 Å². The summed E-state index contributed by atoms with van der Waals surface area (Å²) in [5, 5.41) is 0. The Kier molecular flexibility index (Phi) is 28.2. The SMILES string of the molecule is CCCCCCCCCCCC(=O)OC[C@@H](COC(=O)CCCCCCCCC)OC(=O)CCCCCCC. The standard InChI is InChI=1S/C33H62O6/c1-4-7-10-13-15-16-18-21-23-26-32(35)38-29-30(39-33(36)27-24-19-12-9-6-3)28-37-31(34)25-22-20-17-14-11-8-5-2/h30H,4-29H2,1-3H3/t30-/m1/s1. The number of unbranched alkanes of at least 4 members (excludes halogenated alkanes) is 18. The first-order valence-corrected chi connectivity index (χ1v) is 16.5. The number of rotatable bonds is 29. The molecule has 6 nitrogen and oxygen atoms in total. The van der Waals surface area contributed by atoms with Crippen molar-refractivity contribution in [3.63, 3.8) is 0 Å². The summed E-state index contributed by atoms with van der Waals surface area (Å²) in [6, 6.07) is 0. The van der Waals surface area contributed by atoms with Gasteiger partial charge in [-0.2, -0.15) is 0 Å². The molecular weight excluding hydrogens is 492 g/mol. The topological polar surface area (TPSA) is 78.9 Å². The van der Waals surface area contributed by atoms with Crippen molar-refractivity contribution < 1.29 is 28.6 Å². The molecule has 0 aliphatic carbocycles. The second-order valence-corrected chi connectivity index (χ2v) is 11.1. The van der Waals surface area contributed by atoms with E-state index >= 15 is 0 Å². The Hall–Kier alpha value is -1.59. The summed E-state index contributed by atoms with van der Waals surface area (Å²) < 4.78 is 16.3. The molecule has 0 amide bonds. The van der Waals surface area contributed by atoms with Crippen LogP contribution in [0.15, 0.2) is 0 Å². The summed E-state index contributed by atoms with van der Waals surface area (Å²) >= 11 is 0. The number of carbonyl (C=O) groups excluding carboxylic acids is 3. The van der Waals surface area contributed by atoms with Gasteiger partial charge in [0.25, 0.3) is 0 Å². The molecule has 0 saturated carbocycles. The molecule has 0 N–H and O–H groups in total. The van der Waals surface area contributed by atoms with Crippen LogP contribution in [0.25, 0.3) is 0 Å². The lowest BCUT2D eigenvalue weighted by Crippen LogP contribution is -2.30. The Balaban J connectivity index is 4.30. The van der Waals surface area contributed by atoms with Crippen LogP contribution in [-0.4, -0.2) is 37.2 Å². The molecule has 0 aromatic heterocycles. The summed E-state index contributed by atoms with van der Waals surface area (Å²) in [6.45, 7) is 6.45. The zero-order valence-corrected chi connectivity index (χ0v) is 25.9. The lowest BCUT2D eigenvalue weighted by molar-refractivity contribution is -0.167. The van der Waals surface area contributed by atoms with Gasteiger partial charge in [-0.3, -0.25) is 14.4 Å². The van der Waals surface area contributed by atoms with E-state index in [1.54, 1.807) is 0 Å². The van der Waals surface area contributed by atoms with Crippen molar-refractivity contribution in [1.82, 2.24) is 0 Å². The van der Waals surface area contributed by atoms with E-state index in [0.29, 0.717) is 19.3 Å². The third-order valence-corrected chi connectivity index (χ3v) is 7.11. The van der Waals surface area contributed by atoms with Crippen molar-refractivity contribution in [3.05, 3.63) is 0 Å². The maximum atomic E-state index is 12.3. The molecule has 39 heavy (non-hydrogen) atoms. The first-order chi connectivity index (χ1) is 19.0. The van der Waals surface area contributed by atoms with Crippen molar-refractivity contribution in [2.45, 2.75) is 181 Å². The second-order valence-electron chi connectivity index (χ2n) is 11.1. The lowest BCUT2D eigenvalue weighted by atomic mass is 10.1. The molecule has 0 spiro atoms. The smallest absolute Gasteiger partial charge is 0.306 e. The van der Waals surface area contributed by atoms with Gasteiger partial charge in [0.1, 0.15) is 13.2 Å². The van der Waals surface area contributed by atoms with Crippen LogP contribution in [0.3, 0.4) is 0 Å². The number of carbonyl (C=O) groups is 3. The van der Waals surface area contributed by atoms with Gasteiger partial charge in [-0.15, -0.1) is 0 Å². The van der Waals surface area contributed by atoms with E-state index in [1.807, 2.05) is 0 Å². The van der Waals surface area contributed by atoms with Gasteiger partial charge in [0.2, 0.25) is 0 Å². The van der Waals surface area contributed by atoms with E-state index in [1.165, 1.54) is 70.6 Å². The Morgan fingerprint density at radius 2 is 0.692 bits per heavy atom. The van der Waals surface area contributed by atoms with E-state index in [2.05, 4.69) is 20.8 Å². The average molecular weight is 555 g/mol. The van der Waals surface area contributed by atoms with Crippen LogP contribution >= 0.6 is 0 Å². The molecule has 0 bridgehead atoms. The fraction of sp³-hybridized carbons (Fsp3) is 0.909. The Bertz CT molecular complexity index is 577. The van der Waals surface area contributed by atoms with Crippen LogP contribution in [0, 0.1) is 0 Å². The Labute approximate surface area is 240 Å². The van der Waals surface area contributed by atoms with Crippen LogP contribution in [0.4, 0.5) is 0 Å². The minimum atomic E-state index is -0.752. The summed E-state index contributed by atoms with van der Waals surface area (Å²) in [5.41, 5.74) is 0. The van der Waals surface area contributed by atoms with Gasteiger partial charge in [-0.25, -0.2) is 0 Å². The molecule has 1 atom stereocenters. The summed E-state index contributed by atoms with van der Waals surface area (Å²) in [5.74, 6) is -0.896. The largest absolute Gasteiger partial charge is 0.462 e. The van der Waals surface area contributed by atoms with E-state index in [-0.39, 0.29) is 31.1 Å². The highest BCUT2D eigenvalue weighted by Gasteiger charge is 2.19. The fourth-order valence-corrected chi connectivity index (χ4v) is 4.56. The zero-order chi connectivity index (χ0) is 28.8. The number of ether oxygens (including phenoxy) is 3.